The second-order valence-electron chi connectivity index (χ2n) is 9.40. The average molecular weight is 491 g/mol. The normalized spacial score (nSPS) is 27.2. The predicted octanol–water partition coefficient (Wildman–Crippen LogP) is 2.75. The van der Waals surface area contributed by atoms with Crippen LogP contribution in [0.15, 0.2) is 6.33 Å². The summed E-state index contributed by atoms with van der Waals surface area (Å²) in [6, 6.07) is -0.192. The number of hydrogen-bond donors (Lipinski definition) is 4. The Balaban J connectivity index is 1.55. The van der Waals surface area contributed by atoms with Crippen LogP contribution in [0.25, 0.3) is 0 Å². The molecular weight excluding hydrogens is 456 g/mol. The molecule has 1 amide bonds. The van der Waals surface area contributed by atoms with Crippen LogP contribution in [-0.2, 0) is 4.79 Å². The number of rotatable bonds is 9. The quantitative estimate of drug-likeness (QED) is 0.394. The van der Waals surface area contributed by atoms with Crippen molar-refractivity contribution < 1.29 is 27.5 Å². The third-order valence-corrected chi connectivity index (χ3v) is 7.07. The van der Waals surface area contributed by atoms with Crippen LogP contribution in [-0.4, -0.2) is 70.4 Å². The summed E-state index contributed by atoms with van der Waals surface area (Å²) in [7, 11) is 0. The van der Waals surface area contributed by atoms with E-state index in [1.165, 1.54) is 6.33 Å². The highest BCUT2D eigenvalue weighted by atomic mass is 19.4. The van der Waals surface area contributed by atoms with Crippen LogP contribution in [0.2, 0.25) is 0 Å². The summed E-state index contributed by atoms with van der Waals surface area (Å²) in [4.78, 5) is 20.8. The van der Waals surface area contributed by atoms with Gasteiger partial charge in [-0.2, -0.15) is 17.6 Å². The summed E-state index contributed by atoms with van der Waals surface area (Å²) in [5.41, 5.74) is 5.20. The molecule has 192 valence electrons. The molecule has 2 aliphatic rings. The molecule has 2 fully saturated rings. The van der Waals surface area contributed by atoms with E-state index in [0.29, 0.717) is 38.8 Å². The number of piperidine rings is 1. The molecule has 8 nitrogen and oxygen atoms in total. The first-order valence-corrected chi connectivity index (χ1v) is 11.8. The monoisotopic (exact) mass is 490 g/mol. The van der Waals surface area contributed by atoms with Crippen molar-refractivity contribution in [3.8, 4) is 0 Å². The van der Waals surface area contributed by atoms with Crippen LogP contribution in [0.1, 0.15) is 45.4 Å². The lowest BCUT2D eigenvalue weighted by atomic mass is 9.77. The highest BCUT2D eigenvalue weighted by molar-refractivity contribution is 5.75. The summed E-state index contributed by atoms with van der Waals surface area (Å²) in [5.74, 6) is -2.50. The van der Waals surface area contributed by atoms with Crippen LogP contribution in [0.3, 0.4) is 0 Å². The first-order valence-electron chi connectivity index (χ1n) is 11.8. The van der Waals surface area contributed by atoms with Gasteiger partial charge in [0.15, 0.2) is 11.6 Å². The largest absolute Gasteiger partial charge is 0.391 e. The van der Waals surface area contributed by atoms with Crippen LogP contribution >= 0.6 is 0 Å². The van der Waals surface area contributed by atoms with Crippen molar-refractivity contribution in [1.82, 2.24) is 14.9 Å². The Morgan fingerprint density at radius 2 is 1.91 bits per heavy atom. The predicted molar refractivity (Wildman–Crippen MR) is 119 cm³/mol. The summed E-state index contributed by atoms with van der Waals surface area (Å²) in [6.45, 7) is 3.20. The molecule has 1 aromatic rings. The number of aliphatic hydroxyl groups excluding tert-OH is 1. The number of halogens is 4. The number of nitrogens with two attached hydrogens (primary N) is 1. The first kappa shape index (κ1) is 26.4. The Morgan fingerprint density at radius 1 is 1.24 bits per heavy atom. The zero-order valence-electron chi connectivity index (χ0n) is 19.3. The number of carbonyl (C=O) groups excluding carboxylic acids is 1. The summed E-state index contributed by atoms with van der Waals surface area (Å²) >= 11 is 0. The maximum Gasteiger partial charge on any atom is 0.391 e. The standard InChI is InChI=1S/C22H34F4N6O2/c1-2-16(13-3-5-15(6-4-13)22(24,25)26)31-21-19(23)20(29-12-30-21)28-9-14-7-8-32(10-17(14)33)11-18(27)34/h12-17,33H,2-11H2,1H3,(H2,27,34)(H2,28,29,30,31)/t13?,14-,15?,16-,17+/m1/s1. The van der Waals surface area contributed by atoms with Gasteiger partial charge >= 0.3 is 6.18 Å². The molecular formula is C22H34F4N6O2. The smallest absolute Gasteiger partial charge is 0.391 e. The van der Waals surface area contributed by atoms with Crippen molar-refractivity contribution in [2.24, 2.45) is 23.5 Å². The molecule has 1 saturated carbocycles. The third-order valence-electron chi connectivity index (χ3n) is 7.07. The van der Waals surface area contributed by atoms with E-state index in [0.717, 1.165) is 0 Å². The van der Waals surface area contributed by atoms with E-state index in [1.54, 1.807) is 4.90 Å². The van der Waals surface area contributed by atoms with E-state index < -0.39 is 29.9 Å². The van der Waals surface area contributed by atoms with E-state index in [9.17, 15) is 23.1 Å². The number of amides is 1. The number of nitrogens with one attached hydrogen (secondary N) is 2. The third kappa shape index (κ3) is 6.91. The van der Waals surface area contributed by atoms with Gasteiger partial charge in [-0.1, -0.05) is 6.92 Å². The van der Waals surface area contributed by atoms with Gasteiger partial charge in [-0.25, -0.2) is 9.97 Å². The van der Waals surface area contributed by atoms with Crippen molar-refractivity contribution >= 4 is 17.5 Å². The van der Waals surface area contributed by atoms with Crippen molar-refractivity contribution in [2.45, 2.75) is 63.8 Å². The van der Waals surface area contributed by atoms with Gasteiger partial charge in [-0.15, -0.1) is 0 Å². The number of β-amino-alcohol motifs (C(OH)–C–C–N with tert-alkyl or cyclic N) is 1. The lowest BCUT2D eigenvalue weighted by molar-refractivity contribution is -0.184. The fraction of sp³-hybridized carbons (Fsp3) is 0.773. The van der Waals surface area contributed by atoms with Gasteiger partial charge in [-0.3, -0.25) is 9.69 Å². The van der Waals surface area contributed by atoms with Crippen LogP contribution in [0.4, 0.5) is 29.2 Å². The fourth-order valence-corrected chi connectivity index (χ4v) is 5.05. The highest BCUT2D eigenvalue weighted by Crippen LogP contribution is 2.41. The molecule has 0 radical (unpaired) electrons. The first-order chi connectivity index (χ1) is 16.1. The molecule has 0 spiro atoms. The Labute approximate surface area is 196 Å². The lowest BCUT2D eigenvalue weighted by Crippen LogP contribution is -2.48. The number of nitrogens with zero attached hydrogens (tertiary/aromatic N) is 3. The Hall–Kier alpha value is -2.21. The van der Waals surface area contributed by atoms with Crippen LogP contribution in [0, 0.1) is 23.6 Å². The average Bonchev–Trinajstić information content (AvgIpc) is 2.78. The molecule has 1 aliphatic heterocycles. The molecule has 3 atom stereocenters. The molecule has 1 aliphatic carbocycles. The minimum atomic E-state index is -4.16. The zero-order chi connectivity index (χ0) is 24.9. The van der Waals surface area contributed by atoms with Crippen LogP contribution < -0.4 is 16.4 Å². The minimum Gasteiger partial charge on any atom is -0.391 e. The molecule has 1 aromatic heterocycles. The van der Waals surface area contributed by atoms with Crippen molar-refractivity contribution in [1.29, 1.82) is 0 Å². The van der Waals surface area contributed by atoms with E-state index >= 15 is 4.39 Å². The maximum absolute atomic E-state index is 15.1. The van der Waals surface area contributed by atoms with E-state index in [2.05, 4.69) is 20.6 Å². The number of aromatic nitrogens is 2. The number of carbonyl (C=O) groups is 1. The van der Waals surface area contributed by atoms with E-state index in [4.69, 9.17) is 5.73 Å². The van der Waals surface area contributed by atoms with Gasteiger partial charge in [0.1, 0.15) is 6.33 Å². The number of hydrogen-bond acceptors (Lipinski definition) is 7. The fourth-order valence-electron chi connectivity index (χ4n) is 5.05. The molecule has 0 bridgehead atoms. The van der Waals surface area contributed by atoms with E-state index in [1.807, 2.05) is 6.92 Å². The van der Waals surface area contributed by atoms with Crippen molar-refractivity contribution in [2.75, 3.05) is 36.8 Å². The molecule has 1 saturated heterocycles. The molecule has 12 heteroatoms. The number of alkyl halides is 3. The molecule has 0 aromatic carbocycles. The lowest BCUT2D eigenvalue weighted by Gasteiger charge is -2.35. The van der Waals surface area contributed by atoms with Gasteiger partial charge < -0.3 is 21.5 Å². The van der Waals surface area contributed by atoms with Crippen molar-refractivity contribution in [3.63, 3.8) is 0 Å². The Morgan fingerprint density at radius 3 is 2.50 bits per heavy atom. The number of likely N-dealkylation sites (tertiary alicyclic amines) is 1. The molecule has 5 N–H and O–H groups in total. The summed E-state index contributed by atoms with van der Waals surface area (Å²) in [6.07, 6.45) is -1.35. The second-order valence-corrected chi connectivity index (χ2v) is 9.40. The Bertz CT molecular complexity index is 819. The number of aliphatic hydroxyl groups is 1. The number of primary amides is 1. The highest BCUT2D eigenvalue weighted by Gasteiger charge is 2.42. The van der Waals surface area contributed by atoms with Gasteiger partial charge in [0, 0.05) is 25.0 Å². The van der Waals surface area contributed by atoms with Crippen LogP contribution in [0.5, 0.6) is 0 Å². The Kier molecular flexibility index (Phi) is 8.91. The van der Waals surface area contributed by atoms with Crippen molar-refractivity contribution in [3.05, 3.63) is 12.1 Å². The molecule has 2 heterocycles. The van der Waals surface area contributed by atoms with Gasteiger partial charge in [0.05, 0.1) is 18.6 Å². The zero-order valence-corrected chi connectivity index (χ0v) is 19.3. The van der Waals surface area contributed by atoms with Gasteiger partial charge in [0.2, 0.25) is 11.7 Å². The topological polar surface area (TPSA) is 116 Å². The second kappa shape index (κ2) is 11.5. The molecule has 34 heavy (non-hydrogen) atoms. The molecule has 3 rings (SSSR count). The van der Waals surface area contributed by atoms with Gasteiger partial charge in [0.25, 0.3) is 0 Å². The maximum atomic E-state index is 15.1. The van der Waals surface area contributed by atoms with E-state index in [-0.39, 0.29) is 55.4 Å². The van der Waals surface area contributed by atoms with Gasteiger partial charge in [-0.05, 0) is 51.0 Å². The molecule has 0 unspecified atom stereocenters. The summed E-state index contributed by atoms with van der Waals surface area (Å²) in [5, 5.41) is 16.4. The SMILES string of the molecule is CC[C@@H](Nc1ncnc(NC[C@H]2CCN(CC(N)=O)C[C@@H]2O)c1F)C1CCC(C(F)(F)F)CC1. The summed E-state index contributed by atoms with van der Waals surface area (Å²) < 4.78 is 54.0. The number of anilines is 2. The minimum absolute atomic E-state index is 0.0000942.